The van der Waals surface area contributed by atoms with Gasteiger partial charge in [0.15, 0.2) is 5.69 Å². The summed E-state index contributed by atoms with van der Waals surface area (Å²) in [7, 11) is 1.60. The number of rotatable bonds is 12. The van der Waals surface area contributed by atoms with Gasteiger partial charge in [-0.25, -0.2) is 13.5 Å². The molecule has 1 amide bonds. The quantitative estimate of drug-likeness (QED) is 0.326. The monoisotopic (exact) mass is 529 g/mol. The van der Waals surface area contributed by atoms with E-state index in [4.69, 9.17) is 5.11 Å². The number of amides is 1. The van der Waals surface area contributed by atoms with Gasteiger partial charge >= 0.3 is 5.97 Å². The first-order valence-electron chi connectivity index (χ1n) is 12.4. The van der Waals surface area contributed by atoms with Crippen LogP contribution in [0.15, 0.2) is 48.5 Å². The van der Waals surface area contributed by atoms with Crippen molar-refractivity contribution < 1.29 is 33.7 Å². The summed E-state index contributed by atoms with van der Waals surface area (Å²) in [6.07, 6.45) is -2.33. The van der Waals surface area contributed by atoms with Gasteiger partial charge in [0.2, 0.25) is 0 Å². The number of carbonyl (C=O) groups is 2. The van der Waals surface area contributed by atoms with Crippen LogP contribution < -0.4 is 0 Å². The molecule has 2 atom stereocenters. The second kappa shape index (κ2) is 12.7. The van der Waals surface area contributed by atoms with Gasteiger partial charge in [-0.15, -0.1) is 0 Å². The Bertz CT molecular complexity index is 1260. The highest BCUT2D eigenvalue weighted by Gasteiger charge is 2.28. The molecule has 10 heteroatoms. The Hall–Kier alpha value is -3.63. The summed E-state index contributed by atoms with van der Waals surface area (Å²) in [5.41, 5.74) is 2.63. The fourth-order valence-electron chi connectivity index (χ4n) is 4.45. The molecule has 0 saturated heterocycles. The molecule has 2 unspecified atom stereocenters. The maximum absolute atomic E-state index is 13.7. The number of aromatic nitrogens is 2. The maximum atomic E-state index is 13.7. The number of hydrogen-bond acceptors (Lipinski definition) is 5. The molecule has 0 aliphatic rings. The Morgan fingerprint density at radius 3 is 2.32 bits per heavy atom. The van der Waals surface area contributed by atoms with Crippen molar-refractivity contribution in [2.75, 3.05) is 7.05 Å². The molecular weight excluding hydrogens is 496 g/mol. The lowest BCUT2D eigenvalue weighted by molar-refractivity contribution is -0.139. The van der Waals surface area contributed by atoms with Crippen LogP contribution in [0.3, 0.4) is 0 Å². The van der Waals surface area contributed by atoms with Crippen molar-refractivity contribution in [3.05, 3.63) is 82.7 Å². The van der Waals surface area contributed by atoms with Gasteiger partial charge < -0.3 is 20.2 Å². The molecule has 38 heavy (non-hydrogen) atoms. The minimum Gasteiger partial charge on any atom is -0.481 e. The average molecular weight is 530 g/mol. The van der Waals surface area contributed by atoms with Crippen molar-refractivity contribution in [1.29, 1.82) is 0 Å². The summed E-state index contributed by atoms with van der Waals surface area (Å²) in [6.45, 7) is 3.98. The smallest absolute Gasteiger partial charge is 0.305 e. The summed E-state index contributed by atoms with van der Waals surface area (Å²) >= 11 is 0. The van der Waals surface area contributed by atoms with Gasteiger partial charge in [-0.05, 0) is 67.1 Å². The Kier molecular flexibility index (Phi) is 9.71. The number of benzene rings is 2. The summed E-state index contributed by atoms with van der Waals surface area (Å²) in [5.74, 6) is -2.51. The van der Waals surface area contributed by atoms with Crippen LogP contribution in [-0.2, 0) is 17.8 Å². The van der Waals surface area contributed by atoms with Crippen LogP contribution in [-0.4, -0.2) is 61.1 Å². The van der Waals surface area contributed by atoms with Crippen LogP contribution in [0, 0.1) is 11.6 Å². The van der Waals surface area contributed by atoms with E-state index >= 15 is 0 Å². The normalized spacial score (nSPS) is 12.9. The molecule has 0 saturated carbocycles. The molecule has 0 fully saturated rings. The highest BCUT2D eigenvalue weighted by Crippen LogP contribution is 2.29. The van der Waals surface area contributed by atoms with Gasteiger partial charge in [-0.2, -0.15) is 5.10 Å². The van der Waals surface area contributed by atoms with E-state index in [1.807, 2.05) is 13.8 Å². The predicted molar refractivity (Wildman–Crippen MR) is 137 cm³/mol. The van der Waals surface area contributed by atoms with Crippen molar-refractivity contribution in [1.82, 2.24) is 14.7 Å². The second-order valence-electron chi connectivity index (χ2n) is 9.72. The molecule has 0 spiro atoms. The van der Waals surface area contributed by atoms with Crippen LogP contribution in [0.1, 0.15) is 66.3 Å². The molecule has 204 valence electrons. The SMILES string of the molecule is CC(C)c1c(C(=O)N(C)Cc2cccc(F)c2)nn(-c2ccc(F)cc2)c1CCC(O)CC(O)CC(=O)O. The molecule has 0 bridgehead atoms. The summed E-state index contributed by atoms with van der Waals surface area (Å²) in [6, 6.07) is 11.6. The molecule has 0 aliphatic carbocycles. The molecule has 3 N–H and O–H groups in total. The molecule has 0 aliphatic heterocycles. The van der Waals surface area contributed by atoms with Crippen LogP contribution >= 0.6 is 0 Å². The number of aliphatic hydroxyl groups is 2. The Morgan fingerprint density at radius 1 is 1.03 bits per heavy atom. The summed E-state index contributed by atoms with van der Waals surface area (Å²) in [5, 5.41) is 33.8. The van der Waals surface area contributed by atoms with Crippen molar-refractivity contribution in [3.63, 3.8) is 0 Å². The van der Waals surface area contributed by atoms with Crippen LogP contribution in [0.25, 0.3) is 5.69 Å². The van der Waals surface area contributed by atoms with Gasteiger partial charge in [-0.1, -0.05) is 26.0 Å². The van der Waals surface area contributed by atoms with Gasteiger partial charge in [0.25, 0.3) is 5.91 Å². The molecule has 2 aromatic carbocycles. The topological polar surface area (TPSA) is 116 Å². The number of halogens is 2. The molecule has 1 aromatic heterocycles. The molecule has 3 rings (SSSR count). The van der Waals surface area contributed by atoms with Gasteiger partial charge in [0, 0.05) is 24.8 Å². The third kappa shape index (κ3) is 7.45. The van der Waals surface area contributed by atoms with E-state index in [1.165, 1.54) is 41.3 Å². The van der Waals surface area contributed by atoms with E-state index in [1.54, 1.807) is 23.9 Å². The summed E-state index contributed by atoms with van der Waals surface area (Å²) < 4.78 is 28.9. The van der Waals surface area contributed by atoms with Crippen LogP contribution in [0.4, 0.5) is 8.78 Å². The minimum atomic E-state index is -1.19. The van der Waals surface area contributed by atoms with E-state index in [0.29, 0.717) is 22.5 Å². The lowest BCUT2D eigenvalue weighted by Gasteiger charge is -2.18. The lowest BCUT2D eigenvalue weighted by Crippen LogP contribution is -2.27. The van der Waals surface area contributed by atoms with Crippen molar-refractivity contribution in [3.8, 4) is 5.69 Å². The van der Waals surface area contributed by atoms with Crippen molar-refractivity contribution in [2.24, 2.45) is 0 Å². The number of hydrogen-bond donors (Lipinski definition) is 3. The molecular formula is C28H33F2N3O5. The van der Waals surface area contributed by atoms with Gasteiger partial charge in [0.1, 0.15) is 11.6 Å². The molecule has 3 aromatic rings. The van der Waals surface area contributed by atoms with Crippen LogP contribution in [0.2, 0.25) is 0 Å². The number of carbonyl (C=O) groups excluding carboxylic acids is 1. The highest BCUT2D eigenvalue weighted by atomic mass is 19.1. The largest absolute Gasteiger partial charge is 0.481 e. The highest BCUT2D eigenvalue weighted by molar-refractivity contribution is 5.94. The van der Waals surface area contributed by atoms with E-state index in [9.17, 15) is 28.6 Å². The van der Waals surface area contributed by atoms with Crippen molar-refractivity contribution in [2.45, 2.75) is 64.2 Å². The van der Waals surface area contributed by atoms with Crippen LogP contribution in [0.5, 0.6) is 0 Å². The molecule has 8 nitrogen and oxygen atoms in total. The van der Waals surface area contributed by atoms with E-state index in [0.717, 1.165) is 0 Å². The molecule has 0 radical (unpaired) electrons. The predicted octanol–water partition coefficient (Wildman–Crippen LogP) is 4.07. The zero-order chi connectivity index (χ0) is 28.0. The lowest BCUT2D eigenvalue weighted by atomic mass is 9.95. The maximum Gasteiger partial charge on any atom is 0.305 e. The third-order valence-electron chi connectivity index (χ3n) is 6.20. The third-order valence-corrected chi connectivity index (χ3v) is 6.20. The fourth-order valence-corrected chi connectivity index (χ4v) is 4.45. The number of nitrogens with zero attached hydrogens (tertiary/aromatic N) is 3. The van der Waals surface area contributed by atoms with Gasteiger partial charge in [-0.3, -0.25) is 9.59 Å². The Balaban J connectivity index is 1.95. The number of carboxylic acids is 1. The Labute approximate surface area is 220 Å². The van der Waals surface area contributed by atoms with Crippen molar-refractivity contribution >= 4 is 11.9 Å². The fraction of sp³-hybridized carbons (Fsp3) is 0.393. The number of carboxylic acid groups (broad SMARTS) is 1. The first-order chi connectivity index (χ1) is 18.0. The first-order valence-corrected chi connectivity index (χ1v) is 12.4. The van der Waals surface area contributed by atoms with E-state index in [2.05, 4.69) is 5.10 Å². The van der Waals surface area contributed by atoms with Gasteiger partial charge in [0.05, 0.1) is 24.3 Å². The van der Waals surface area contributed by atoms with E-state index < -0.39 is 36.2 Å². The number of aliphatic hydroxyl groups excluding tert-OH is 2. The minimum absolute atomic E-state index is 0.115. The Morgan fingerprint density at radius 2 is 1.71 bits per heavy atom. The average Bonchev–Trinajstić information content (AvgIpc) is 3.22. The number of aliphatic carboxylic acids is 1. The van der Waals surface area contributed by atoms with E-state index in [-0.39, 0.29) is 43.3 Å². The zero-order valence-corrected chi connectivity index (χ0v) is 21.6. The standard InChI is InChI=1S/C28H33F2N3O5/c1-17(2)26-24(12-11-22(34)14-23(35)15-25(36)37)33(21-9-7-19(29)8-10-21)31-27(26)28(38)32(3)16-18-5-4-6-20(30)13-18/h4-10,13,17,22-23,34-35H,11-12,14-16H2,1-3H3,(H,36,37). The second-order valence-corrected chi connectivity index (χ2v) is 9.72. The molecule has 1 heterocycles. The first kappa shape index (κ1) is 28.9. The summed E-state index contributed by atoms with van der Waals surface area (Å²) in [4.78, 5) is 25.8. The zero-order valence-electron chi connectivity index (χ0n) is 21.6.